The summed E-state index contributed by atoms with van der Waals surface area (Å²) in [5, 5.41) is 26.5. The predicted molar refractivity (Wildman–Crippen MR) is 104 cm³/mol. The van der Waals surface area contributed by atoms with Gasteiger partial charge in [0.2, 0.25) is 11.5 Å². The van der Waals surface area contributed by atoms with Crippen LogP contribution in [0.5, 0.6) is 5.88 Å². The molecule has 1 aromatic carbocycles. The molecule has 146 valence electrons. The maximum Gasteiger partial charge on any atom is 0.270 e. The number of ether oxygens (including phenoxy) is 1. The first-order chi connectivity index (χ1) is 14.1. The Hall–Kier alpha value is -3.64. The monoisotopic (exact) mass is 390 g/mol. The molecule has 1 amide bonds. The van der Waals surface area contributed by atoms with Crippen molar-refractivity contribution in [2.45, 2.75) is 18.6 Å². The molecule has 9 heteroatoms. The third-order valence-corrected chi connectivity index (χ3v) is 5.49. The molecule has 1 atom stereocenters. The number of pyridine rings is 1. The number of benzene rings is 1. The molecule has 2 aliphatic heterocycles. The summed E-state index contributed by atoms with van der Waals surface area (Å²) in [6, 6.07) is 7.67. The van der Waals surface area contributed by atoms with E-state index >= 15 is 0 Å². The topological polar surface area (TPSA) is 116 Å². The van der Waals surface area contributed by atoms with Crippen molar-refractivity contribution in [2.24, 2.45) is 0 Å². The number of carbonyl (C=O) groups excluding carboxylic acids is 1. The molecule has 2 aromatic heterocycles. The minimum atomic E-state index is -1.07. The minimum absolute atomic E-state index is 0.00968. The fraction of sp³-hybridized carbons (Fsp3) is 0.300. The van der Waals surface area contributed by atoms with Crippen molar-refractivity contribution in [2.75, 3.05) is 25.0 Å². The highest BCUT2D eigenvalue weighted by Crippen LogP contribution is 2.39. The summed E-state index contributed by atoms with van der Waals surface area (Å²) in [5.41, 5.74) is 2.10. The maximum atomic E-state index is 12.7. The fourth-order valence-electron chi connectivity index (χ4n) is 4.00. The maximum absolute atomic E-state index is 12.7. The summed E-state index contributed by atoms with van der Waals surface area (Å²) >= 11 is 0. The molecule has 29 heavy (non-hydrogen) atoms. The van der Waals surface area contributed by atoms with Crippen LogP contribution in [0.4, 0.5) is 5.69 Å². The van der Waals surface area contributed by atoms with Gasteiger partial charge in [-0.15, -0.1) is 0 Å². The number of aliphatic hydroxyl groups is 1. The number of hydrogen-bond acceptors (Lipinski definition) is 7. The number of amides is 1. The van der Waals surface area contributed by atoms with Crippen molar-refractivity contribution in [1.82, 2.24) is 19.7 Å². The highest BCUT2D eigenvalue weighted by atomic mass is 16.5. The second-order valence-electron chi connectivity index (χ2n) is 7.23. The van der Waals surface area contributed by atoms with Gasteiger partial charge in [-0.25, -0.2) is 4.98 Å². The van der Waals surface area contributed by atoms with Gasteiger partial charge in [0.05, 0.1) is 31.4 Å². The van der Waals surface area contributed by atoms with E-state index in [4.69, 9.17) is 10.00 Å². The third kappa shape index (κ3) is 2.68. The first kappa shape index (κ1) is 17.5. The molecule has 1 spiro atoms. The van der Waals surface area contributed by atoms with E-state index in [1.165, 1.54) is 4.90 Å². The van der Waals surface area contributed by atoms with Crippen LogP contribution in [0.3, 0.4) is 0 Å². The van der Waals surface area contributed by atoms with Crippen LogP contribution >= 0.6 is 0 Å². The van der Waals surface area contributed by atoms with Gasteiger partial charge in [-0.05, 0) is 17.7 Å². The second-order valence-corrected chi connectivity index (χ2v) is 7.23. The van der Waals surface area contributed by atoms with Crippen LogP contribution in [0.2, 0.25) is 0 Å². The lowest BCUT2D eigenvalue weighted by Crippen LogP contribution is -2.52. The van der Waals surface area contributed by atoms with Gasteiger partial charge in [-0.3, -0.25) is 9.48 Å². The average molecular weight is 390 g/mol. The smallest absolute Gasteiger partial charge is 0.270 e. The lowest BCUT2D eigenvalue weighted by molar-refractivity contribution is -0.131. The van der Waals surface area contributed by atoms with E-state index in [-0.39, 0.29) is 19.1 Å². The number of aliphatic hydroxyl groups excluding tert-OH is 1. The molecule has 2 aliphatic rings. The number of anilines is 1. The standard InChI is InChI=1S/C20H18N6O3/c21-12-25-5-4-20(11-25)19(28)24-16-8-13(9-22-18(16)29-20)14-2-1-3-17-15(14)10-23-26(17)6-7-27/h1-3,8-10,27H,4-7,11H2,(H,24,28). The molecule has 4 heterocycles. The van der Waals surface area contributed by atoms with Crippen LogP contribution in [0, 0.1) is 11.5 Å². The Morgan fingerprint density at radius 2 is 2.28 bits per heavy atom. The van der Waals surface area contributed by atoms with Gasteiger partial charge in [-0.1, -0.05) is 12.1 Å². The van der Waals surface area contributed by atoms with Crippen LogP contribution in [0.15, 0.2) is 36.7 Å². The highest BCUT2D eigenvalue weighted by Gasteiger charge is 2.50. The van der Waals surface area contributed by atoms with E-state index < -0.39 is 5.60 Å². The number of nitrogens with zero attached hydrogens (tertiary/aromatic N) is 5. The SMILES string of the molecule is N#CN1CCC2(C1)Oc1ncc(-c3cccc4c3cnn4CCO)cc1NC2=O. The zero-order valence-corrected chi connectivity index (χ0v) is 15.5. The van der Waals surface area contributed by atoms with Crippen LogP contribution in [-0.2, 0) is 11.3 Å². The summed E-state index contributed by atoms with van der Waals surface area (Å²) in [6.07, 6.45) is 5.98. The average Bonchev–Trinajstić information content (AvgIpc) is 3.34. The largest absolute Gasteiger partial charge is 0.457 e. The zero-order chi connectivity index (χ0) is 20.0. The number of hydrogen-bond donors (Lipinski definition) is 2. The molecule has 9 nitrogen and oxygen atoms in total. The minimum Gasteiger partial charge on any atom is -0.457 e. The molecule has 1 saturated heterocycles. The quantitative estimate of drug-likeness (QED) is 0.648. The number of nitriles is 1. The normalized spacial score (nSPS) is 20.4. The Kier molecular flexibility index (Phi) is 3.89. The first-order valence-corrected chi connectivity index (χ1v) is 9.34. The molecular formula is C20H18N6O3. The Morgan fingerprint density at radius 3 is 3.07 bits per heavy atom. The summed E-state index contributed by atoms with van der Waals surface area (Å²) < 4.78 is 7.73. The first-order valence-electron chi connectivity index (χ1n) is 9.34. The number of nitrogens with one attached hydrogen (secondary N) is 1. The van der Waals surface area contributed by atoms with Crippen LogP contribution in [-0.4, -0.2) is 56.0 Å². The van der Waals surface area contributed by atoms with Gasteiger partial charge in [0.15, 0.2) is 6.19 Å². The molecule has 0 bridgehead atoms. The van der Waals surface area contributed by atoms with E-state index in [1.54, 1.807) is 17.1 Å². The number of carbonyl (C=O) groups is 1. The number of rotatable bonds is 3. The van der Waals surface area contributed by atoms with E-state index in [9.17, 15) is 9.90 Å². The Balaban J connectivity index is 1.52. The van der Waals surface area contributed by atoms with E-state index in [0.29, 0.717) is 31.1 Å². The lowest BCUT2D eigenvalue weighted by Gasteiger charge is -2.33. The summed E-state index contributed by atoms with van der Waals surface area (Å²) in [7, 11) is 0. The van der Waals surface area contributed by atoms with Gasteiger partial charge in [0, 0.05) is 30.1 Å². The zero-order valence-electron chi connectivity index (χ0n) is 15.5. The number of likely N-dealkylation sites (tertiary alicyclic amines) is 1. The van der Waals surface area contributed by atoms with Gasteiger partial charge in [0.1, 0.15) is 5.69 Å². The third-order valence-electron chi connectivity index (χ3n) is 5.49. The van der Waals surface area contributed by atoms with Crippen molar-refractivity contribution in [3.63, 3.8) is 0 Å². The van der Waals surface area contributed by atoms with E-state index in [0.717, 1.165) is 22.0 Å². The number of aromatic nitrogens is 3. The van der Waals surface area contributed by atoms with Gasteiger partial charge < -0.3 is 20.1 Å². The Labute approximate surface area is 166 Å². The van der Waals surface area contributed by atoms with Crippen LogP contribution in [0.1, 0.15) is 6.42 Å². The van der Waals surface area contributed by atoms with E-state index in [1.807, 2.05) is 24.3 Å². The molecule has 3 aromatic rings. The summed E-state index contributed by atoms with van der Waals surface area (Å²) in [5.74, 6) is 0.104. The molecule has 1 fully saturated rings. The lowest BCUT2D eigenvalue weighted by atomic mass is 9.99. The van der Waals surface area contributed by atoms with Crippen molar-refractivity contribution in [3.8, 4) is 23.2 Å². The number of fused-ring (bicyclic) bond motifs is 2. The Morgan fingerprint density at radius 1 is 1.38 bits per heavy atom. The Bertz CT molecular complexity index is 1170. The van der Waals surface area contributed by atoms with E-state index in [2.05, 4.69) is 21.6 Å². The molecule has 0 radical (unpaired) electrons. The van der Waals surface area contributed by atoms with Crippen LogP contribution in [0.25, 0.3) is 22.0 Å². The van der Waals surface area contributed by atoms with Gasteiger partial charge >= 0.3 is 0 Å². The molecular weight excluding hydrogens is 372 g/mol. The van der Waals surface area contributed by atoms with Crippen molar-refractivity contribution < 1.29 is 14.6 Å². The van der Waals surface area contributed by atoms with Crippen molar-refractivity contribution >= 4 is 22.5 Å². The molecule has 5 rings (SSSR count). The van der Waals surface area contributed by atoms with Gasteiger partial charge in [-0.2, -0.15) is 10.4 Å². The molecule has 0 saturated carbocycles. The van der Waals surface area contributed by atoms with Gasteiger partial charge in [0.25, 0.3) is 5.91 Å². The second kappa shape index (κ2) is 6.46. The predicted octanol–water partition coefficient (Wildman–Crippen LogP) is 1.35. The summed E-state index contributed by atoms with van der Waals surface area (Å²) in [4.78, 5) is 18.7. The summed E-state index contributed by atoms with van der Waals surface area (Å²) in [6.45, 7) is 1.13. The molecule has 1 unspecified atom stereocenters. The molecule has 0 aliphatic carbocycles. The van der Waals surface area contributed by atoms with Crippen molar-refractivity contribution in [3.05, 3.63) is 36.7 Å². The fourth-order valence-corrected chi connectivity index (χ4v) is 4.00. The van der Waals surface area contributed by atoms with Crippen LogP contribution < -0.4 is 10.1 Å². The molecule has 2 N–H and O–H groups in total. The van der Waals surface area contributed by atoms with Crippen molar-refractivity contribution in [1.29, 1.82) is 5.26 Å². The highest BCUT2D eigenvalue weighted by molar-refractivity contribution is 6.02.